The van der Waals surface area contributed by atoms with Crippen LogP contribution in [0.5, 0.6) is 5.75 Å². The van der Waals surface area contributed by atoms with Crippen LogP contribution in [-0.2, 0) is 4.79 Å². The van der Waals surface area contributed by atoms with Crippen LogP contribution in [0.25, 0.3) is 0 Å². The van der Waals surface area contributed by atoms with E-state index in [9.17, 15) is 9.90 Å². The van der Waals surface area contributed by atoms with Crippen LogP contribution in [0.4, 0.5) is 0 Å². The number of likely N-dealkylation sites (tertiary alicyclic amines) is 1. The first-order valence-electron chi connectivity index (χ1n) is 8.20. The fraction of sp³-hybridized carbons (Fsp3) is 0.368. The van der Waals surface area contributed by atoms with Gasteiger partial charge in [-0.3, -0.25) is 14.7 Å². The van der Waals surface area contributed by atoms with Gasteiger partial charge in [-0.05, 0) is 55.3 Å². The van der Waals surface area contributed by atoms with Crippen LogP contribution in [0.15, 0.2) is 48.8 Å². The second-order valence-corrected chi connectivity index (χ2v) is 6.11. The highest BCUT2D eigenvalue weighted by Gasteiger charge is 2.30. The summed E-state index contributed by atoms with van der Waals surface area (Å²) in [6.45, 7) is 1.53. The molecule has 1 aliphatic rings. The van der Waals surface area contributed by atoms with Gasteiger partial charge in [-0.25, -0.2) is 0 Å². The highest BCUT2D eigenvalue weighted by molar-refractivity contribution is 5.70. The van der Waals surface area contributed by atoms with Gasteiger partial charge in [0.05, 0.1) is 19.1 Å². The predicted molar refractivity (Wildman–Crippen MR) is 91.0 cm³/mol. The van der Waals surface area contributed by atoms with Gasteiger partial charge in [0.15, 0.2) is 0 Å². The van der Waals surface area contributed by atoms with Gasteiger partial charge in [-0.15, -0.1) is 0 Å². The average Bonchev–Trinajstić information content (AvgIpc) is 2.64. The number of piperidine rings is 1. The number of hydrogen-bond donors (Lipinski definition) is 1. The summed E-state index contributed by atoms with van der Waals surface area (Å²) in [6, 6.07) is 12.2. The zero-order chi connectivity index (χ0) is 16.9. The van der Waals surface area contributed by atoms with Gasteiger partial charge < -0.3 is 9.84 Å². The second kappa shape index (κ2) is 7.45. The fourth-order valence-corrected chi connectivity index (χ4v) is 3.34. The van der Waals surface area contributed by atoms with E-state index < -0.39 is 5.97 Å². The van der Waals surface area contributed by atoms with E-state index in [1.165, 1.54) is 0 Å². The highest BCUT2D eigenvalue weighted by atomic mass is 16.5. The van der Waals surface area contributed by atoms with Gasteiger partial charge in [0.25, 0.3) is 0 Å². The number of benzene rings is 1. The SMILES string of the molecule is COc1ccc(C(c2cccnc2)N2CCC(C(=O)O)CC2)cc1. The van der Waals surface area contributed by atoms with Crippen molar-refractivity contribution < 1.29 is 14.6 Å². The van der Waals surface area contributed by atoms with Crippen molar-refractivity contribution in [1.29, 1.82) is 0 Å². The molecule has 24 heavy (non-hydrogen) atoms. The molecular formula is C19H22N2O3. The van der Waals surface area contributed by atoms with E-state index in [0.29, 0.717) is 12.8 Å². The molecule has 5 heteroatoms. The Morgan fingerprint density at radius 2 is 1.92 bits per heavy atom. The van der Waals surface area contributed by atoms with Crippen molar-refractivity contribution in [1.82, 2.24) is 9.88 Å². The summed E-state index contributed by atoms with van der Waals surface area (Å²) in [5, 5.41) is 9.21. The lowest BCUT2D eigenvalue weighted by atomic mass is 9.92. The molecule has 3 rings (SSSR count). The molecule has 0 bridgehead atoms. The van der Waals surface area contributed by atoms with E-state index in [1.807, 2.05) is 24.4 Å². The molecule has 1 saturated heterocycles. The molecular weight excluding hydrogens is 304 g/mol. The molecule has 2 heterocycles. The Morgan fingerprint density at radius 3 is 2.46 bits per heavy atom. The summed E-state index contributed by atoms with van der Waals surface area (Å²) < 4.78 is 5.25. The molecule has 0 saturated carbocycles. The molecule has 1 atom stereocenters. The van der Waals surface area contributed by atoms with Gasteiger partial charge in [0.2, 0.25) is 0 Å². The number of methoxy groups -OCH3 is 1. The number of carbonyl (C=O) groups is 1. The summed E-state index contributed by atoms with van der Waals surface area (Å²) in [5.74, 6) is -0.0861. The van der Waals surface area contributed by atoms with E-state index in [1.54, 1.807) is 13.3 Å². The Kier molecular flexibility index (Phi) is 5.11. The van der Waals surface area contributed by atoms with Gasteiger partial charge in [-0.1, -0.05) is 18.2 Å². The third-order valence-electron chi connectivity index (χ3n) is 4.68. The number of aliphatic carboxylic acids is 1. The first-order chi connectivity index (χ1) is 11.7. The second-order valence-electron chi connectivity index (χ2n) is 6.11. The maximum atomic E-state index is 11.2. The lowest BCUT2D eigenvalue weighted by molar-refractivity contribution is -0.143. The smallest absolute Gasteiger partial charge is 0.306 e. The van der Waals surface area contributed by atoms with Gasteiger partial charge in [0, 0.05) is 12.4 Å². The fourth-order valence-electron chi connectivity index (χ4n) is 3.34. The molecule has 2 aromatic rings. The van der Waals surface area contributed by atoms with Crippen LogP contribution in [0.2, 0.25) is 0 Å². The number of carboxylic acid groups (broad SMARTS) is 1. The van der Waals surface area contributed by atoms with E-state index in [2.05, 4.69) is 28.1 Å². The molecule has 0 aliphatic carbocycles. The first-order valence-corrected chi connectivity index (χ1v) is 8.20. The van der Waals surface area contributed by atoms with Crippen molar-refractivity contribution in [3.05, 3.63) is 59.9 Å². The minimum Gasteiger partial charge on any atom is -0.497 e. The number of rotatable bonds is 5. The van der Waals surface area contributed by atoms with Gasteiger partial charge in [0.1, 0.15) is 5.75 Å². The number of aromatic nitrogens is 1. The Balaban J connectivity index is 1.87. The van der Waals surface area contributed by atoms with Crippen LogP contribution in [0.3, 0.4) is 0 Å². The maximum absolute atomic E-state index is 11.2. The summed E-state index contributed by atoms with van der Waals surface area (Å²) >= 11 is 0. The minimum absolute atomic E-state index is 0.0827. The van der Waals surface area contributed by atoms with Crippen LogP contribution in [-0.4, -0.2) is 41.2 Å². The molecule has 1 fully saturated rings. The molecule has 0 radical (unpaired) electrons. The Hall–Kier alpha value is -2.40. The van der Waals surface area contributed by atoms with Crippen molar-refractivity contribution in [2.75, 3.05) is 20.2 Å². The van der Waals surface area contributed by atoms with Crippen LogP contribution >= 0.6 is 0 Å². The van der Waals surface area contributed by atoms with Gasteiger partial charge in [-0.2, -0.15) is 0 Å². The standard InChI is InChI=1S/C19H22N2O3/c1-24-17-6-4-14(5-7-17)18(16-3-2-10-20-13-16)21-11-8-15(9-12-21)19(22)23/h2-7,10,13,15,18H,8-9,11-12H2,1H3,(H,22,23). The summed E-state index contributed by atoms with van der Waals surface area (Å²) in [7, 11) is 1.66. The largest absolute Gasteiger partial charge is 0.497 e. The predicted octanol–water partition coefficient (Wildman–Crippen LogP) is 2.98. The topological polar surface area (TPSA) is 62.7 Å². The average molecular weight is 326 g/mol. The third kappa shape index (κ3) is 3.57. The molecule has 126 valence electrons. The summed E-state index contributed by atoms with van der Waals surface area (Å²) in [4.78, 5) is 17.8. The van der Waals surface area contributed by atoms with Crippen LogP contribution in [0.1, 0.15) is 30.0 Å². The molecule has 1 aromatic carbocycles. The Labute approximate surface area is 141 Å². The molecule has 1 aromatic heterocycles. The number of hydrogen-bond acceptors (Lipinski definition) is 4. The van der Waals surface area contributed by atoms with Crippen LogP contribution < -0.4 is 4.74 Å². The van der Waals surface area contributed by atoms with E-state index in [0.717, 1.165) is 30.0 Å². The third-order valence-corrected chi connectivity index (χ3v) is 4.68. The quantitative estimate of drug-likeness (QED) is 0.915. The molecule has 1 N–H and O–H groups in total. The number of carboxylic acids is 1. The number of pyridine rings is 1. The van der Waals surface area contributed by atoms with Crippen molar-refractivity contribution in [3.8, 4) is 5.75 Å². The van der Waals surface area contributed by atoms with Crippen molar-refractivity contribution in [2.45, 2.75) is 18.9 Å². The lowest BCUT2D eigenvalue weighted by Gasteiger charge is -2.37. The number of nitrogens with zero attached hydrogens (tertiary/aromatic N) is 2. The highest BCUT2D eigenvalue weighted by Crippen LogP contribution is 2.32. The molecule has 0 amide bonds. The summed E-state index contributed by atoms with van der Waals surface area (Å²) in [5.41, 5.74) is 2.29. The van der Waals surface area contributed by atoms with E-state index >= 15 is 0 Å². The first kappa shape index (κ1) is 16.5. The van der Waals surface area contributed by atoms with Crippen molar-refractivity contribution >= 4 is 5.97 Å². The van der Waals surface area contributed by atoms with Gasteiger partial charge >= 0.3 is 5.97 Å². The monoisotopic (exact) mass is 326 g/mol. The lowest BCUT2D eigenvalue weighted by Crippen LogP contribution is -2.39. The zero-order valence-corrected chi connectivity index (χ0v) is 13.8. The minimum atomic E-state index is -0.683. The van der Waals surface area contributed by atoms with E-state index in [-0.39, 0.29) is 12.0 Å². The molecule has 5 nitrogen and oxygen atoms in total. The van der Waals surface area contributed by atoms with Crippen molar-refractivity contribution in [3.63, 3.8) is 0 Å². The Morgan fingerprint density at radius 1 is 1.21 bits per heavy atom. The summed E-state index contributed by atoms with van der Waals surface area (Å²) in [6.07, 6.45) is 5.02. The molecule has 0 spiro atoms. The Bertz CT molecular complexity index is 665. The molecule has 1 unspecified atom stereocenters. The normalized spacial score (nSPS) is 17.4. The zero-order valence-electron chi connectivity index (χ0n) is 13.8. The van der Waals surface area contributed by atoms with Crippen LogP contribution in [0, 0.1) is 5.92 Å². The van der Waals surface area contributed by atoms with E-state index in [4.69, 9.17) is 4.74 Å². The molecule has 1 aliphatic heterocycles. The maximum Gasteiger partial charge on any atom is 0.306 e. The number of ether oxygens (including phenoxy) is 1. The van der Waals surface area contributed by atoms with Crippen molar-refractivity contribution in [2.24, 2.45) is 5.92 Å².